The summed E-state index contributed by atoms with van der Waals surface area (Å²) < 4.78 is 10.8. The van der Waals surface area contributed by atoms with Crippen LogP contribution in [0.3, 0.4) is 0 Å². The maximum Gasteiger partial charge on any atom is 0.253 e. The monoisotopic (exact) mass is 371 g/mol. The summed E-state index contributed by atoms with van der Waals surface area (Å²) in [6, 6.07) is 17.2. The molecule has 6 nitrogen and oxygen atoms in total. The molecule has 2 aromatic rings. The highest BCUT2D eigenvalue weighted by Gasteiger charge is 2.44. The number of methoxy groups -OCH3 is 1. The summed E-state index contributed by atoms with van der Waals surface area (Å²) in [5.41, 5.74) is 1.97. The topological polar surface area (TPSA) is 68.2 Å². The number of hydroxylamine groups is 2. The van der Waals surface area contributed by atoms with E-state index in [9.17, 15) is 9.90 Å². The number of hydrogen-bond acceptors (Lipinski definition) is 5. The first-order valence-electron chi connectivity index (χ1n) is 8.99. The lowest BCUT2D eigenvalue weighted by atomic mass is 9.91. The minimum absolute atomic E-state index is 0.217. The zero-order chi connectivity index (χ0) is 19.2. The molecule has 1 amide bonds. The molecular weight excluding hydrogens is 346 g/mol. The first-order valence-corrected chi connectivity index (χ1v) is 8.99. The van der Waals surface area contributed by atoms with E-state index in [1.165, 1.54) is 5.06 Å². The van der Waals surface area contributed by atoms with Crippen molar-refractivity contribution in [1.82, 2.24) is 5.06 Å². The lowest BCUT2D eigenvalue weighted by Gasteiger charge is -2.40. The minimum Gasteiger partial charge on any atom is -0.497 e. The number of benzene rings is 2. The van der Waals surface area contributed by atoms with Crippen LogP contribution in [0.5, 0.6) is 5.75 Å². The summed E-state index contributed by atoms with van der Waals surface area (Å²) in [4.78, 5) is 17.8. The molecule has 27 heavy (non-hydrogen) atoms. The zero-order valence-electron chi connectivity index (χ0n) is 15.6. The SMILES string of the molecule is COc1ccc(CON2C[C@@H]([C@@H](O)[C@H](C)OCc3ccccc3)C2=O)cc1. The highest BCUT2D eigenvalue weighted by atomic mass is 16.7. The predicted octanol–water partition coefficient (Wildman–Crippen LogP) is 2.55. The molecule has 6 heteroatoms. The summed E-state index contributed by atoms with van der Waals surface area (Å²) in [6.45, 7) is 2.83. The van der Waals surface area contributed by atoms with Crippen molar-refractivity contribution in [2.24, 2.45) is 5.92 Å². The Kier molecular flexibility index (Phi) is 6.45. The molecule has 0 bridgehead atoms. The van der Waals surface area contributed by atoms with Crippen molar-refractivity contribution in [2.75, 3.05) is 13.7 Å². The van der Waals surface area contributed by atoms with Gasteiger partial charge in [0.25, 0.3) is 5.91 Å². The summed E-state index contributed by atoms with van der Waals surface area (Å²) in [6.07, 6.45) is -1.30. The van der Waals surface area contributed by atoms with Crippen molar-refractivity contribution in [3.05, 3.63) is 65.7 Å². The van der Waals surface area contributed by atoms with Crippen molar-refractivity contribution in [3.63, 3.8) is 0 Å². The Hall–Kier alpha value is -2.41. The van der Waals surface area contributed by atoms with Crippen LogP contribution in [0.4, 0.5) is 0 Å². The van der Waals surface area contributed by atoms with E-state index in [2.05, 4.69) is 0 Å². The number of carbonyl (C=O) groups is 1. The van der Waals surface area contributed by atoms with Crippen molar-refractivity contribution in [1.29, 1.82) is 0 Å². The van der Waals surface area contributed by atoms with E-state index in [0.29, 0.717) is 19.8 Å². The van der Waals surface area contributed by atoms with E-state index in [-0.39, 0.29) is 5.91 Å². The third-order valence-electron chi connectivity index (χ3n) is 4.72. The molecule has 0 unspecified atom stereocenters. The van der Waals surface area contributed by atoms with Gasteiger partial charge in [0, 0.05) is 0 Å². The molecule has 1 N–H and O–H groups in total. The van der Waals surface area contributed by atoms with E-state index in [0.717, 1.165) is 16.9 Å². The van der Waals surface area contributed by atoms with Crippen molar-refractivity contribution < 1.29 is 24.2 Å². The van der Waals surface area contributed by atoms with Crippen molar-refractivity contribution in [3.8, 4) is 5.75 Å². The Bertz CT molecular complexity index is 734. The van der Waals surface area contributed by atoms with Gasteiger partial charge in [0.05, 0.1) is 38.4 Å². The van der Waals surface area contributed by atoms with E-state index >= 15 is 0 Å². The van der Waals surface area contributed by atoms with Gasteiger partial charge < -0.3 is 14.6 Å². The lowest BCUT2D eigenvalue weighted by molar-refractivity contribution is -0.238. The van der Waals surface area contributed by atoms with Gasteiger partial charge in [0.2, 0.25) is 0 Å². The van der Waals surface area contributed by atoms with Gasteiger partial charge in [-0.1, -0.05) is 42.5 Å². The second kappa shape index (κ2) is 8.99. The molecule has 3 rings (SSSR count). The number of ether oxygens (including phenoxy) is 2. The van der Waals surface area contributed by atoms with Gasteiger partial charge in [-0.2, -0.15) is 0 Å². The van der Waals surface area contributed by atoms with Crippen LogP contribution in [-0.2, 0) is 27.6 Å². The average Bonchev–Trinajstić information content (AvgIpc) is 2.71. The van der Waals surface area contributed by atoms with Gasteiger partial charge in [0.15, 0.2) is 0 Å². The molecule has 0 aliphatic carbocycles. The van der Waals surface area contributed by atoms with Gasteiger partial charge in [0.1, 0.15) is 12.4 Å². The summed E-state index contributed by atoms with van der Waals surface area (Å²) in [5, 5.41) is 11.7. The lowest BCUT2D eigenvalue weighted by Crippen LogP contribution is -2.58. The molecule has 0 saturated carbocycles. The Morgan fingerprint density at radius 3 is 2.37 bits per heavy atom. The van der Waals surface area contributed by atoms with Crippen LogP contribution >= 0.6 is 0 Å². The van der Waals surface area contributed by atoms with Crippen LogP contribution in [0.15, 0.2) is 54.6 Å². The number of rotatable bonds is 9. The highest BCUT2D eigenvalue weighted by Crippen LogP contribution is 2.25. The van der Waals surface area contributed by atoms with Gasteiger partial charge in [-0.15, -0.1) is 0 Å². The van der Waals surface area contributed by atoms with E-state index < -0.39 is 18.1 Å². The van der Waals surface area contributed by atoms with Crippen LogP contribution in [0, 0.1) is 5.92 Å². The predicted molar refractivity (Wildman–Crippen MR) is 99.7 cm³/mol. The summed E-state index contributed by atoms with van der Waals surface area (Å²) in [5.74, 6) is 0.0595. The third-order valence-corrected chi connectivity index (χ3v) is 4.72. The maximum atomic E-state index is 12.3. The van der Waals surface area contributed by atoms with Crippen LogP contribution in [0.2, 0.25) is 0 Å². The fraction of sp³-hybridized carbons (Fsp3) is 0.381. The molecule has 1 aliphatic rings. The smallest absolute Gasteiger partial charge is 0.253 e. The number of amides is 1. The van der Waals surface area contributed by atoms with Crippen LogP contribution in [-0.4, -0.2) is 41.9 Å². The third kappa shape index (κ3) is 4.86. The molecule has 3 atom stereocenters. The fourth-order valence-electron chi connectivity index (χ4n) is 2.89. The van der Waals surface area contributed by atoms with Gasteiger partial charge >= 0.3 is 0 Å². The molecule has 0 spiro atoms. The van der Waals surface area contributed by atoms with Crippen LogP contribution in [0.1, 0.15) is 18.1 Å². The second-order valence-electron chi connectivity index (χ2n) is 6.62. The highest BCUT2D eigenvalue weighted by molar-refractivity contribution is 5.84. The maximum absolute atomic E-state index is 12.3. The van der Waals surface area contributed by atoms with E-state index in [4.69, 9.17) is 14.3 Å². The Morgan fingerprint density at radius 1 is 1.07 bits per heavy atom. The molecule has 2 aromatic carbocycles. The van der Waals surface area contributed by atoms with Gasteiger partial charge in [-0.3, -0.25) is 9.63 Å². The second-order valence-corrected chi connectivity index (χ2v) is 6.62. The first kappa shape index (κ1) is 19.4. The average molecular weight is 371 g/mol. The van der Waals surface area contributed by atoms with E-state index in [1.54, 1.807) is 14.0 Å². The Labute approximate surface area is 159 Å². The minimum atomic E-state index is -0.859. The van der Waals surface area contributed by atoms with Gasteiger partial charge in [-0.05, 0) is 30.2 Å². The molecule has 144 valence electrons. The summed E-state index contributed by atoms with van der Waals surface area (Å²) in [7, 11) is 1.61. The first-order chi connectivity index (χ1) is 13.1. The number of hydrogen-bond donors (Lipinski definition) is 1. The van der Waals surface area contributed by atoms with Crippen LogP contribution < -0.4 is 4.74 Å². The molecule has 0 radical (unpaired) electrons. The largest absolute Gasteiger partial charge is 0.497 e. The molecule has 1 fully saturated rings. The number of nitrogens with zero attached hydrogens (tertiary/aromatic N) is 1. The van der Waals surface area contributed by atoms with E-state index in [1.807, 2.05) is 54.6 Å². The van der Waals surface area contributed by atoms with Crippen LogP contribution in [0.25, 0.3) is 0 Å². The quantitative estimate of drug-likeness (QED) is 0.686. The molecule has 1 heterocycles. The zero-order valence-corrected chi connectivity index (χ0v) is 15.6. The van der Waals surface area contributed by atoms with Gasteiger partial charge in [-0.25, -0.2) is 5.06 Å². The number of carbonyl (C=O) groups excluding carboxylic acids is 1. The Balaban J connectivity index is 1.42. The molecule has 1 aliphatic heterocycles. The normalized spacial score (nSPS) is 18.7. The molecule has 0 aromatic heterocycles. The Morgan fingerprint density at radius 2 is 1.74 bits per heavy atom. The number of β-lactam (4-membered cyclic amide) rings is 1. The number of aliphatic hydroxyl groups excluding tert-OH is 1. The molecule has 1 saturated heterocycles. The fourth-order valence-corrected chi connectivity index (χ4v) is 2.89. The number of aliphatic hydroxyl groups is 1. The summed E-state index contributed by atoms with van der Waals surface area (Å²) >= 11 is 0. The van der Waals surface area contributed by atoms with Crippen molar-refractivity contribution >= 4 is 5.91 Å². The van der Waals surface area contributed by atoms with Crippen molar-refractivity contribution in [2.45, 2.75) is 32.3 Å². The molecular formula is C21H25NO5. The standard InChI is InChI=1S/C21H25NO5/c1-15(26-13-16-6-4-3-5-7-16)20(23)19-12-22(21(19)24)27-14-17-8-10-18(25-2)11-9-17/h3-11,15,19-20,23H,12-14H2,1-2H3/t15-,19-,20-/m0/s1.